The standard InChI is InChI=1S/C11H15BrN2O2/c1-11(2,7-13)6-8-3-9(12)5-10(4-8)14(15)16/h3-5H,6-7,13H2,1-2H3. The van der Waals surface area contributed by atoms with Crippen LogP contribution in [0.15, 0.2) is 22.7 Å². The van der Waals surface area contributed by atoms with E-state index in [4.69, 9.17) is 5.73 Å². The van der Waals surface area contributed by atoms with Gasteiger partial charge in [0.2, 0.25) is 0 Å². The van der Waals surface area contributed by atoms with Gasteiger partial charge in [0.25, 0.3) is 5.69 Å². The predicted molar refractivity (Wildman–Crippen MR) is 67.3 cm³/mol. The summed E-state index contributed by atoms with van der Waals surface area (Å²) in [4.78, 5) is 10.3. The Balaban J connectivity index is 3.01. The van der Waals surface area contributed by atoms with E-state index >= 15 is 0 Å². The Labute approximate surface area is 103 Å². The van der Waals surface area contributed by atoms with E-state index in [1.54, 1.807) is 6.07 Å². The van der Waals surface area contributed by atoms with Crippen LogP contribution in [0.25, 0.3) is 0 Å². The van der Waals surface area contributed by atoms with Crippen LogP contribution in [-0.2, 0) is 6.42 Å². The Morgan fingerprint density at radius 3 is 2.56 bits per heavy atom. The molecule has 0 amide bonds. The first-order valence-corrected chi connectivity index (χ1v) is 5.77. The van der Waals surface area contributed by atoms with E-state index in [2.05, 4.69) is 15.9 Å². The van der Waals surface area contributed by atoms with Gasteiger partial charge in [-0.3, -0.25) is 10.1 Å². The van der Waals surface area contributed by atoms with Crippen LogP contribution in [0.1, 0.15) is 19.4 Å². The number of non-ortho nitro benzene ring substituents is 1. The van der Waals surface area contributed by atoms with Crippen LogP contribution in [0.5, 0.6) is 0 Å². The highest BCUT2D eigenvalue weighted by atomic mass is 79.9. The molecule has 0 radical (unpaired) electrons. The van der Waals surface area contributed by atoms with Crippen molar-refractivity contribution in [1.82, 2.24) is 0 Å². The van der Waals surface area contributed by atoms with Crippen molar-refractivity contribution in [2.75, 3.05) is 6.54 Å². The van der Waals surface area contributed by atoms with Crippen LogP contribution >= 0.6 is 15.9 Å². The molecule has 0 saturated heterocycles. The van der Waals surface area contributed by atoms with Crippen molar-refractivity contribution in [3.8, 4) is 0 Å². The van der Waals surface area contributed by atoms with Gasteiger partial charge in [0, 0.05) is 16.6 Å². The highest BCUT2D eigenvalue weighted by Crippen LogP contribution is 2.26. The van der Waals surface area contributed by atoms with Gasteiger partial charge < -0.3 is 5.73 Å². The lowest BCUT2D eigenvalue weighted by atomic mass is 9.86. The second-order valence-electron chi connectivity index (χ2n) is 4.62. The van der Waals surface area contributed by atoms with E-state index in [9.17, 15) is 10.1 Å². The normalized spacial score (nSPS) is 11.5. The molecule has 0 atom stereocenters. The number of benzene rings is 1. The minimum atomic E-state index is -0.385. The lowest BCUT2D eigenvalue weighted by molar-refractivity contribution is -0.385. The van der Waals surface area contributed by atoms with Crippen LogP contribution < -0.4 is 5.73 Å². The molecular weight excluding hydrogens is 272 g/mol. The smallest absolute Gasteiger partial charge is 0.270 e. The third kappa shape index (κ3) is 3.57. The molecule has 0 aromatic heterocycles. The highest BCUT2D eigenvalue weighted by Gasteiger charge is 2.18. The van der Waals surface area contributed by atoms with Gasteiger partial charge >= 0.3 is 0 Å². The first-order chi connectivity index (χ1) is 7.34. The monoisotopic (exact) mass is 286 g/mol. The second kappa shape index (κ2) is 4.93. The fourth-order valence-electron chi connectivity index (χ4n) is 1.47. The number of nitrogens with two attached hydrogens (primary N) is 1. The Kier molecular flexibility index (Phi) is 4.04. The van der Waals surface area contributed by atoms with E-state index in [0.29, 0.717) is 6.54 Å². The molecule has 5 heteroatoms. The Hall–Kier alpha value is -0.940. The highest BCUT2D eigenvalue weighted by molar-refractivity contribution is 9.10. The summed E-state index contributed by atoms with van der Waals surface area (Å²) in [6, 6.07) is 4.99. The molecule has 0 fully saturated rings. The second-order valence-corrected chi connectivity index (χ2v) is 5.54. The molecular formula is C11H15BrN2O2. The van der Waals surface area contributed by atoms with Gasteiger partial charge in [0.15, 0.2) is 0 Å². The summed E-state index contributed by atoms with van der Waals surface area (Å²) < 4.78 is 0.726. The van der Waals surface area contributed by atoms with Crippen LogP contribution in [0.3, 0.4) is 0 Å². The van der Waals surface area contributed by atoms with Crippen molar-refractivity contribution in [3.63, 3.8) is 0 Å². The molecule has 0 aliphatic heterocycles. The summed E-state index contributed by atoms with van der Waals surface area (Å²) in [5, 5.41) is 10.7. The molecule has 88 valence electrons. The molecule has 0 aliphatic carbocycles. The zero-order valence-corrected chi connectivity index (χ0v) is 11.0. The first kappa shape index (κ1) is 13.1. The van der Waals surface area contributed by atoms with Crippen molar-refractivity contribution in [1.29, 1.82) is 0 Å². The quantitative estimate of drug-likeness (QED) is 0.683. The fourth-order valence-corrected chi connectivity index (χ4v) is 1.99. The predicted octanol–water partition coefficient (Wildman–Crippen LogP) is 2.88. The minimum absolute atomic E-state index is 0.0470. The number of halogens is 1. The Morgan fingerprint density at radius 2 is 2.06 bits per heavy atom. The lowest BCUT2D eigenvalue weighted by Crippen LogP contribution is -2.25. The van der Waals surface area contributed by atoms with E-state index in [0.717, 1.165) is 16.5 Å². The molecule has 2 N–H and O–H groups in total. The summed E-state index contributed by atoms with van der Waals surface area (Å²) in [6.45, 7) is 4.63. The maximum atomic E-state index is 10.7. The van der Waals surface area contributed by atoms with E-state index < -0.39 is 0 Å². The molecule has 1 rings (SSSR count). The molecule has 0 spiro atoms. The summed E-state index contributed by atoms with van der Waals surface area (Å²) in [6.07, 6.45) is 0.726. The van der Waals surface area contributed by atoms with Crippen LogP contribution in [0, 0.1) is 15.5 Å². The van der Waals surface area contributed by atoms with Crippen LogP contribution in [-0.4, -0.2) is 11.5 Å². The zero-order valence-electron chi connectivity index (χ0n) is 9.37. The third-order valence-electron chi connectivity index (χ3n) is 2.39. The zero-order chi connectivity index (χ0) is 12.3. The average molecular weight is 287 g/mol. The fraction of sp³-hybridized carbons (Fsp3) is 0.455. The number of nitro benzene ring substituents is 1. The lowest BCUT2D eigenvalue weighted by Gasteiger charge is -2.22. The van der Waals surface area contributed by atoms with Crippen molar-refractivity contribution in [2.45, 2.75) is 20.3 Å². The van der Waals surface area contributed by atoms with Gasteiger partial charge in [0.05, 0.1) is 4.92 Å². The molecule has 0 heterocycles. The van der Waals surface area contributed by atoms with Crippen molar-refractivity contribution in [2.24, 2.45) is 11.1 Å². The van der Waals surface area contributed by atoms with Crippen molar-refractivity contribution >= 4 is 21.6 Å². The first-order valence-electron chi connectivity index (χ1n) is 4.98. The number of rotatable bonds is 4. The van der Waals surface area contributed by atoms with Gasteiger partial charge in [-0.15, -0.1) is 0 Å². The van der Waals surface area contributed by atoms with Gasteiger partial charge in [-0.2, -0.15) is 0 Å². The molecule has 4 nitrogen and oxygen atoms in total. The summed E-state index contributed by atoms with van der Waals surface area (Å²) in [7, 11) is 0. The van der Waals surface area contributed by atoms with Gasteiger partial charge in [-0.05, 0) is 30.0 Å². The van der Waals surface area contributed by atoms with Crippen LogP contribution in [0.4, 0.5) is 5.69 Å². The number of hydrogen-bond acceptors (Lipinski definition) is 3. The summed E-state index contributed by atoms with van der Waals surface area (Å²) >= 11 is 3.28. The molecule has 16 heavy (non-hydrogen) atoms. The number of nitro groups is 1. The van der Waals surface area contributed by atoms with Gasteiger partial charge in [0.1, 0.15) is 0 Å². The third-order valence-corrected chi connectivity index (χ3v) is 2.85. The van der Waals surface area contributed by atoms with Crippen molar-refractivity contribution in [3.05, 3.63) is 38.3 Å². The molecule has 0 unspecified atom stereocenters. The summed E-state index contributed by atoms with van der Waals surface area (Å²) in [5.74, 6) is 0. The molecule has 1 aromatic rings. The van der Waals surface area contributed by atoms with Gasteiger partial charge in [-0.1, -0.05) is 29.8 Å². The van der Waals surface area contributed by atoms with E-state index in [-0.39, 0.29) is 16.0 Å². The Morgan fingerprint density at radius 1 is 1.44 bits per heavy atom. The van der Waals surface area contributed by atoms with Crippen LogP contribution in [0.2, 0.25) is 0 Å². The summed E-state index contributed by atoms with van der Waals surface area (Å²) in [5.41, 5.74) is 6.63. The van der Waals surface area contributed by atoms with Gasteiger partial charge in [-0.25, -0.2) is 0 Å². The minimum Gasteiger partial charge on any atom is -0.330 e. The molecule has 0 saturated carbocycles. The maximum absolute atomic E-state index is 10.7. The van der Waals surface area contributed by atoms with Crippen molar-refractivity contribution < 1.29 is 4.92 Å². The average Bonchev–Trinajstić information content (AvgIpc) is 2.16. The SMILES string of the molecule is CC(C)(CN)Cc1cc(Br)cc([N+](=O)[O-])c1. The Bertz CT molecular complexity index is 405. The number of hydrogen-bond donors (Lipinski definition) is 1. The topological polar surface area (TPSA) is 69.2 Å². The molecule has 1 aromatic carbocycles. The largest absolute Gasteiger partial charge is 0.330 e. The maximum Gasteiger partial charge on any atom is 0.270 e. The van der Waals surface area contributed by atoms with E-state index in [1.807, 2.05) is 19.9 Å². The molecule has 0 aliphatic rings. The number of nitrogens with zero attached hydrogens (tertiary/aromatic N) is 1. The molecule has 0 bridgehead atoms. The van der Waals surface area contributed by atoms with E-state index in [1.165, 1.54) is 6.07 Å².